The second-order valence-electron chi connectivity index (χ2n) is 6.41. The summed E-state index contributed by atoms with van der Waals surface area (Å²) < 4.78 is 6.09. The highest BCUT2D eigenvalue weighted by Gasteiger charge is 2.22. The van der Waals surface area contributed by atoms with Crippen LogP contribution < -0.4 is 15.4 Å². The number of hydrogen-bond donors (Lipinski definition) is 2. The number of carbonyl (C=O) groups is 1. The van der Waals surface area contributed by atoms with Crippen LogP contribution in [-0.2, 0) is 0 Å². The first-order valence-corrected chi connectivity index (χ1v) is 8.32. The van der Waals surface area contributed by atoms with Gasteiger partial charge in [0.25, 0.3) is 0 Å². The van der Waals surface area contributed by atoms with E-state index in [1.807, 2.05) is 32.0 Å². The van der Waals surface area contributed by atoms with E-state index < -0.39 is 0 Å². The fourth-order valence-corrected chi connectivity index (χ4v) is 2.74. The minimum Gasteiger partial charge on any atom is -0.487 e. The Balaban J connectivity index is 1.68. The summed E-state index contributed by atoms with van der Waals surface area (Å²) in [6.07, 6.45) is 4.25. The van der Waals surface area contributed by atoms with E-state index in [0.29, 0.717) is 17.3 Å². The number of urea groups is 1. The average molecular weight is 341 g/mol. The summed E-state index contributed by atoms with van der Waals surface area (Å²) in [6, 6.07) is 5.39. The lowest BCUT2D eigenvalue weighted by molar-refractivity contribution is 0.209. The molecule has 1 aliphatic rings. The molecule has 0 radical (unpaired) electrons. The first-order chi connectivity index (χ1) is 12.0. The minimum absolute atomic E-state index is 0.138. The Morgan fingerprint density at radius 1 is 1.24 bits per heavy atom. The third-order valence-electron chi connectivity index (χ3n) is 4.05. The smallest absolute Gasteiger partial charge is 0.324 e. The zero-order valence-corrected chi connectivity index (χ0v) is 14.7. The average Bonchev–Trinajstić information content (AvgIpc) is 2.97. The van der Waals surface area contributed by atoms with Gasteiger partial charge in [-0.15, -0.1) is 0 Å². The molecule has 0 saturated carbocycles. The highest BCUT2D eigenvalue weighted by molar-refractivity contribution is 6.00. The molecule has 25 heavy (non-hydrogen) atoms. The molecule has 2 N–H and O–H groups in total. The molecular formula is C18H23N5O2. The van der Waals surface area contributed by atoms with Crippen molar-refractivity contribution in [2.75, 3.05) is 30.8 Å². The fourth-order valence-electron chi connectivity index (χ4n) is 2.74. The monoisotopic (exact) mass is 341 g/mol. The lowest BCUT2D eigenvalue weighted by Gasteiger charge is -2.18. The summed E-state index contributed by atoms with van der Waals surface area (Å²) in [5, 5.41) is 5.52. The number of amides is 2. The third-order valence-corrected chi connectivity index (χ3v) is 4.05. The standard InChI is InChI=1S/C18H23N5O2/c1-12-4-5-16(25-14-6-7-23(3)11-14)15(8-12)21-18(24)22-17-10-19-13(2)9-20-17/h4-5,8-10,14H,6-7,11H2,1-3H3,(H2,20,21,22,24). The van der Waals surface area contributed by atoms with Crippen molar-refractivity contribution < 1.29 is 9.53 Å². The van der Waals surface area contributed by atoms with Crippen LogP contribution in [0.4, 0.5) is 16.3 Å². The van der Waals surface area contributed by atoms with Gasteiger partial charge in [0, 0.05) is 13.1 Å². The van der Waals surface area contributed by atoms with E-state index in [-0.39, 0.29) is 12.1 Å². The molecule has 1 aliphatic heterocycles. The number of likely N-dealkylation sites (tertiary alicyclic amines) is 1. The Morgan fingerprint density at radius 3 is 2.76 bits per heavy atom. The van der Waals surface area contributed by atoms with E-state index in [9.17, 15) is 4.79 Å². The molecular weight excluding hydrogens is 318 g/mol. The number of anilines is 2. The first-order valence-electron chi connectivity index (χ1n) is 8.32. The van der Waals surface area contributed by atoms with Crippen molar-refractivity contribution in [1.82, 2.24) is 14.9 Å². The van der Waals surface area contributed by atoms with Crippen molar-refractivity contribution in [3.63, 3.8) is 0 Å². The second kappa shape index (κ2) is 7.48. The van der Waals surface area contributed by atoms with Gasteiger partial charge < -0.3 is 15.0 Å². The predicted octanol–water partition coefficient (Wildman–Crippen LogP) is 2.82. The van der Waals surface area contributed by atoms with Gasteiger partial charge in [-0.2, -0.15) is 0 Å². The number of aryl methyl sites for hydroxylation is 2. The molecule has 0 aliphatic carbocycles. The van der Waals surface area contributed by atoms with Gasteiger partial charge in [-0.1, -0.05) is 6.07 Å². The van der Waals surface area contributed by atoms with Crippen molar-refractivity contribution in [3.05, 3.63) is 41.9 Å². The van der Waals surface area contributed by atoms with Crippen LogP contribution in [0.2, 0.25) is 0 Å². The second-order valence-corrected chi connectivity index (χ2v) is 6.41. The molecule has 0 spiro atoms. The lowest BCUT2D eigenvalue weighted by Crippen LogP contribution is -2.24. The maximum absolute atomic E-state index is 12.3. The Hall–Kier alpha value is -2.67. The number of rotatable bonds is 4. The van der Waals surface area contributed by atoms with Gasteiger partial charge in [-0.3, -0.25) is 10.3 Å². The maximum Gasteiger partial charge on any atom is 0.324 e. The summed E-state index contributed by atoms with van der Waals surface area (Å²) in [6.45, 7) is 5.72. The van der Waals surface area contributed by atoms with Crippen molar-refractivity contribution >= 4 is 17.5 Å². The Bertz CT molecular complexity index is 748. The van der Waals surface area contributed by atoms with Crippen molar-refractivity contribution in [2.24, 2.45) is 0 Å². The number of nitrogens with zero attached hydrogens (tertiary/aromatic N) is 3. The normalized spacial score (nSPS) is 17.3. The van der Waals surface area contributed by atoms with Gasteiger partial charge in [0.2, 0.25) is 0 Å². The Labute approximate surface area is 147 Å². The third kappa shape index (κ3) is 4.67. The zero-order chi connectivity index (χ0) is 17.8. The van der Waals surface area contributed by atoms with Crippen LogP contribution in [0, 0.1) is 13.8 Å². The topological polar surface area (TPSA) is 79.4 Å². The number of ether oxygens (including phenoxy) is 1. The van der Waals surface area contributed by atoms with Crippen molar-refractivity contribution in [3.8, 4) is 5.75 Å². The SMILES string of the molecule is Cc1ccc(OC2CCN(C)C2)c(NC(=O)Nc2cnc(C)cn2)c1. The van der Waals surface area contributed by atoms with E-state index in [1.165, 1.54) is 6.20 Å². The van der Waals surface area contributed by atoms with E-state index in [0.717, 1.165) is 30.8 Å². The zero-order valence-electron chi connectivity index (χ0n) is 14.7. The number of likely N-dealkylation sites (N-methyl/N-ethyl adjacent to an activating group) is 1. The maximum atomic E-state index is 12.3. The summed E-state index contributed by atoms with van der Waals surface area (Å²) >= 11 is 0. The van der Waals surface area contributed by atoms with Gasteiger partial charge in [0.15, 0.2) is 5.82 Å². The van der Waals surface area contributed by atoms with E-state index in [2.05, 4.69) is 32.5 Å². The molecule has 7 heteroatoms. The van der Waals surface area contributed by atoms with Crippen LogP contribution in [0.25, 0.3) is 0 Å². The van der Waals surface area contributed by atoms with Crippen LogP contribution in [0.15, 0.2) is 30.6 Å². The molecule has 1 aromatic heterocycles. The fraction of sp³-hybridized carbons (Fsp3) is 0.389. The first kappa shape index (κ1) is 17.2. The number of nitrogens with one attached hydrogen (secondary N) is 2. The molecule has 1 fully saturated rings. The molecule has 132 valence electrons. The summed E-state index contributed by atoms with van der Waals surface area (Å²) in [5.74, 6) is 1.08. The Kier molecular flexibility index (Phi) is 5.14. The molecule has 2 aromatic rings. The number of hydrogen-bond acceptors (Lipinski definition) is 5. The molecule has 2 heterocycles. The molecule has 1 atom stereocenters. The van der Waals surface area contributed by atoms with Crippen molar-refractivity contribution in [1.29, 1.82) is 0 Å². The van der Waals surface area contributed by atoms with Gasteiger partial charge >= 0.3 is 6.03 Å². The van der Waals surface area contributed by atoms with Crippen LogP contribution in [0.5, 0.6) is 5.75 Å². The van der Waals surface area contributed by atoms with Gasteiger partial charge in [-0.05, 0) is 45.0 Å². The van der Waals surface area contributed by atoms with Crippen LogP contribution in [0.1, 0.15) is 17.7 Å². The molecule has 1 aromatic carbocycles. The number of carbonyl (C=O) groups excluding carboxylic acids is 1. The summed E-state index contributed by atoms with van der Waals surface area (Å²) in [4.78, 5) is 22.7. The van der Waals surface area contributed by atoms with E-state index in [4.69, 9.17) is 4.74 Å². The molecule has 1 unspecified atom stereocenters. The molecule has 0 bridgehead atoms. The summed E-state index contributed by atoms with van der Waals surface area (Å²) in [5.41, 5.74) is 2.48. The molecule has 7 nitrogen and oxygen atoms in total. The van der Waals surface area contributed by atoms with Gasteiger partial charge in [0.05, 0.1) is 23.8 Å². The molecule has 1 saturated heterocycles. The predicted molar refractivity (Wildman–Crippen MR) is 97.1 cm³/mol. The van der Waals surface area contributed by atoms with Gasteiger partial charge in [0.1, 0.15) is 11.9 Å². The summed E-state index contributed by atoms with van der Waals surface area (Å²) in [7, 11) is 2.08. The van der Waals surface area contributed by atoms with E-state index in [1.54, 1.807) is 6.20 Å². The minimum atomic E-state index is -0.378. The molecule has 3 rings (SSSR count). The lowest BCUT2D eigenvalue weighted by atomic mass is 10.2. The largest absolute Gasteiger partial charge is 0.487 e. The quantitative estimate of drug-likeness (QED) is 0.894. The number of aromatic nitrogens is 2. The highest BCUT2D eigenvalue weighted by atomic mass is 16.5. The van der Waals surface area contributed by atoms with Crippen LogP contribution in [-0.4, -0.2) is 47.1 Å². The van der Waals surface area contributed by atoms with Gasteiger partial charge in [-0.25, -0.2) is 9.78 Å². The van der Waals surface area contributed by atoms with Crippen molar-refractivity contribution in [2.45, 2.75) is 26.4 Å². The van der Waals surface area contributed by atoms with Crippen LogP contribution in [0.3, 0.4) is 0 Å². The van der Waals surface area contributed by atoms with E-state index >= 15 is 0 Å². The Morgan fingerprint density at radius 2 is 2.08 bits per heavy atom. The number of benzene rings is 1. The molecule has 2 amide bonds. The highest BCUT2D eigenvalue weighted by Crippen LogP contribution is 2.28. The van der Waals surface area contributed by atoms with Crippen LogP contribution >= 0.6 is 0 Å².